The van der Waals surface area contributed by atoms with Crippen molar-refractivity contribution in [1.82, 2.24) is 16.0 Å². The van der Waals surface area contributed by atoms with Gasteiger partial charge in [0.1, 0.15) is 0 Å². The molecule has 0 atom stereocenters. The van der Waals surface area contributed by atoms with Gasteiger partial charge in [-0.2, -0.15) is 0 Å². The average molecular weight is 414 g/mol. The quantitative estimate of drug-likeness (QED) is 0.219. The highest BCUT2D eigenvalue weighted by molar-refractivity contribution is 14.0. The van der Waals surface area contributed by atoms with Gasteiger partial charge in [0.15, 0.2) is 5.96 Å². The second kappa shape index (κ2) is 15.8. The van der Waals surface area contributed by atoms with Crippen LogP contribution in [0.1, 0.15) is 34.1 Å². The lowest BCUT2D eigenvalue weighted by Gasteiger charge is -2.11. The van der Waals surface area contributed by atoms with Crippen molar-refractivity contribution in [2.75, 3.05) is 39.4 Å². The molecule has 0 saturated heterocycles. The van der Waals surface area contributed by atoms with E-state index in [4.69, 9.17) is 4.74 Å². The van der Waals surface area contributed by atoms with Gasteiger partial charge in [-0.1, -0.05) is 13.8 Å². The van der Waals surface area contributed by atoms with Crippen LogP contribution in [-0.4, -0.2) is 51.3 Å². The molecule has 7 heteroatoms. The zero-order chi connectivity index (χ0) is 15.2. The molecule has 0 aromatic rings. The van der Waals surface area contributed by atoms with Crippen molar-refractivity contribution in [3.8, 4) is 0 Å². The molecule has 0 spiro atoms. The monoisotopic (exact) mass is 414 g/mol. The molecule has 0 rings (SSSR count). The molecule has 126 valence electrons. The van der Waals surface area contributed by atoms with E-state index in [1.54, 1.807) is 0 Å². The number of carbonyl (C=O) groups excluding carboxylic acids is 1. The maximum atomic E-state index is 10.7. The summed E-state index contributed by atoms with van der Waals surface area (Å²) >= 11 is 0. The van der Waals surface area contributed by atoms with E-state index in [1.165, 1.54) is 6.92 Å². The molecule has 1 amide bonds. The Morgan fingerprint density at radius 3 is 2.38 bits per heavy atom. The highest BCUT2D eigenvalue weighted by Crippen LogP contribution is 1.98. The van der Waals surface area contributed by atoms with Crippen molar-refractivity contribution in [1.29, 1.82) is 0 Å². The summed E-state index contributed by atoms with van der Waals surface area (Å²) in [6.07, 6.45) is 1.08. The lowest BCUT2D eigenvalue weighted by Crippen LogP contribution is -2.41. The van der Waals surface area contributed by atoms with Gasteiger partial charge >= 0.3 is 0 Å². The van der Waals surface area contributed by atoms with Gasteiger partial charge in [-0.05, 0) is 19.3 Å². The maximum Gasteiger partial charge on any atom is 0.216 e. The number of hydrogen-bond donors (Lipinski definition) is 3. The first-order valence-electron chi connectivity index (χ1n) is 7.40. The van der Waals surface area contributed by atoms with Crippen LogP contribution in [0.5, 0.6) is 0 Å². The minimum absolute atomic E-state index is 0. The van der Waals surface area contributed by atoms with E-state index in [0.29, 0.717) is 32.2 Å². The Bertz CT molecular complexity index is 286. The number of amides is 1. The molecule has 0 unspecified atom stereocenters. The van der Waals surface area contributed by atoms with Gasteiger partial charge in [0, 0.05) is 33.2 Å². The smallest absolute Gasteiger partial charge is 0.216 e. The van der Waals surface area contributed by atoms with Gasteiger partial charge < -0.3 is 20.7 Å². The fourth-order valence-corrected chi connectivity index (χ4v) is 1.40. The molecule has 6 nitrogen and oxygen atoms in total. The molecule has 0 fully saturated rings. The molecule has 0 aliphatic heterocycles. The van der Waals surface area contributed by atoms with Crippen molar-refractivity contribution in [3.05, 3.63) is 0 Å². The van der Waals surface area contributed by atoms with E-state index in [-0.39, 0.29) is 29.9 Å². The SMILES string of the molecule is CCNC(=NCCOCCC(C)C)NCCNC(C)=O.I. The number of carbonyl (C=O) groups is 1. The topological polar surface area (TPSA) is 74.8 Å². The Labute approximate surface area is 145 Å². The van der Waals surface area contributed by atoms with Gasteiger partial charge in [-0.3, -0.25) is 9.79 Å². The average Bonchev–Trinajstić information content (AvgIpc) is 2.37. The largest absolute Gasteiger partial charge is 0.380 e. The third-order valence-electron chi connectivity index (χ3n) is 2.48. The second-order valence-electron chi connectivity index (χ2n) is 4.97. The van der Waals surface area contributed by atoms with E-state index in [9.17, 15) is 4.79 Å². The van der Waals surface area contributed by atoms with Crippen LogP contribution in [0.25, 0.3) is 0 Å². The van der Waals surface area contributed by atoms with Crippen LogP contribution in [0.2, 0.25) is 0 Å². The van der Waals surface area contributed by atoms with E-state index in [1.807, 2.05) is 6.92 Å². The summed E-state index contributed by atoms with van der Waals surface area (Å²) in [7, 11) is 0. The number of ether oxygens (including phenoxy) is 1. The molecular weight excluding hydrogens is 383 g/mol. The zero-order valence-corrected chi connectivity index (χ0v) is 16.0. The van der Waals surface area contributed by atoms with Crippen LogP contribution in [0, 0.1) is 5.92 Å². The minimum atomic E-state index is -0.0210. The van der Waals surface area contributed by atoms with Crippen LogP contribution in [0.4, 0.5) is 0 Å². The van der Waals surface area contributed by atoms with Gasteiger partial charge in [0.2, 0.25) is 5.91 Å². The number of aliphatic imine (C=N–C) groups is 1. The van der Waals surface area contributed by atoms with Crippen molar-refractivity contribution in [2.24, 2.45) is 10.9 Å². The van der Waals surface area contributed by atoms with Gasteiger partial charge in [0.05, 0.1) is 13.2 Å². The van der Waals surface area contributed by atoms with Crippen molar-refractivity contribution >= 4 is 35.8 Å². The molecule has 0 bridgehead atoms. The number of guanidine groups is 1. The summed E-state index contributed by atoms with van der Waals surface area (Å²) < 4.78 is 5.51. The fraction of sp³-hybridized carbons (Fsp3) is 0.857. The first-order valence-corrected chi connectivity index (χ1v) is 7.40. The Morgan fingerprint density at radius 1 is 1.14 bits per heavy atom. The van der Waals surface area contributed by atoms with Crippen LogP contribution in [0.15, 0.2) is 4.99 Å². The first-order chi connectivity index (χ1) is 9.56. The van der Waals surface area contributed by atoms with Crippen molar-refractivity contribution in [3.63, 3.8) is 0 Å². The molecular formula is C14H31IN4O2. The number of nitrogens with zero attached hydrogens (tertiary/aromatic N) is 1. The first kappa shape index (κ1) is 22.7. The molecule has 0 aliphatic carbocycles. The molecule has 0 aromatic heterocycles. The molecule has 3 N–H and O–H groups in total. The Balaban J connectivity index is 0. The number of rotatable bonds is 10. The summed E-state index contributed by atoms with van der Waals surface area (Å²) in [6, 6.07) is 0. The summed E-state index contributed by atoms with van der Waals surface area (Å²) in [4.78, 5) is 15.1. The van der Waals surface area contributed by atoms with Crippen LogP contribution in [0.3, 0.4) is 0 Å². The van der Waals surface area contributed by atoms with E-state index in [2.05, 4.69) is 34.8 Å². The Hall–Kier alpha value is -0.570. The fourth-order valence-electron chi connectivity index (χ4n) is 1.40. The normalized spacial score (nSPS) is 11.0. The predicted octanol–water partition coefficient (Wildman–Crippen LogP) is 1.36. The highest BCUT2D eigenvalue weighted by Gasteiger charge is 1.97. The zero-order valence-electron chi connectivity index (χ0n) is 13.7. The third-order valence-corrected chi connectivity index (χ3v) is 2.48. The number of hydrogen-bond acceptors (Lipinski definition) is 3. The summed E-state index contributed by atoms with van der Waals surface area (Å²) in [5.74, 6) is 1.41. The van der Waals surface area contributed by atoms with Crippen molar-refractivity contribution < 1.29 is 9.53 Å². The van der Waals surface area contributed by atoms with Gasteiger partial charge in [0.25, 0.3) is 0 Å². The molecule has 0 saturated carbocycles. The Kier molecular flexibility index (Phi) is 17.1. The molecule has 0 radical (unpaired) electrons. The third kappa shape index (κ3) is 17.4. The van der Waals surface area contributed by atoms with Crippen molar-refractivity contribution in [2.45, 2.75) is 34.1 Å². The second-order valence-corrected chi connectivity index (χ2v) is 4.97. The maximum absolute atomic E-state index is 10.7. The van der Waals surface area contributed by atoms with Crippen LogP contribution >= 0.6 is 24.0 Å². The van der Waals surface area contributed by atoms with Crippen LogP contribution in [-0.2, 0) is 9.53 Å². The predicted molar refractivity (Wildman–Crippen MR) is 98.4 cm³/mol. The highest BCUT2D eigenvalue weighted by atomic mass is 127. The lowest BCUT2D eigenvalue weighted by atomic mass is 10.1. The Morgan fingerprint density at radius 2 is 1.81 bits per heavy atom. The molecule has 0 aromatic carbocycles. The van der Waals surface area contributed by atoms with Gasteiger partial charge in [-0.25, -0.2) is 0 Å². The summed E-state index contributed by atoms with van der Waals surface area (Å²) in [6.45, 7) is 12.0. The summed E-state index contributed by atoms with van der Waals surface area (Å²) in [5, 5.41) is 9.03. The molecule has 0 aliphatic rings. The van der Waals surface area contributed by atoms with Gasteiger partial charge in [-0.15, -0.1) is 24.0 Å². The van der Waals surface area contributed by atoms with E-state index < -0.39 is 0 Å². The number of halogens is 1. The molecule has 21 heavy (non-hydrogen) atoms. The van der Waals surface area contributed by atoms with E-state index in [0.717, 1.165) is 25.5 Å². The minimum Gasteiger partial charge on any atom is -0.380 e. The summed E-state index contributed by atoms with van der Waals surface area (Å²) in [5.41, 5.74) is 0. The van der Waals surface area contributed by atoms with Crippen LogP contribution < -0.4 is 16.0 Å². The molecule has 0 heterocycles. The van der Waals surface area contributed by atoms with E-state index >= 15 is 0 Å². The number of nitrogens with one attached hydrogen (secondary N) is 3. The lowest BCUT2D eigenvalue weighted by molar-refractivity contribution is -0.118. The standard InChI is InChI=1S/C14H30N4O2.HI/c1-5-15-14(17-8-7-16-13(4)19)18-9-11-20-10-6-12(2)3;/h12H,5-11H2,1-4H3,(H,16,19)(H2,15,17,18);1H.